The summed E-state index contributed by atoms with van der Waals surface area (Å²) in [5.74, 6) is -0.523. The van der Waals surface area contributed by atoms with E-state index in [1.165, 1.54) is 6.92 Å². The first-order chi connectivity index (χ1) is 4.48. The van der Waals surface area contributed by atoms with Gasteiger partial charge in [-0.25, -0.2) is 0 Å². The minimum atomic E-state index is -3.17. The molecule has 0 aliphatic carbocycles. The maximum absolute atomic E-state index is 10.3. The lowest BCUT2D eigenvalue weighted by Crippen LogP contribution is -2.31. The Balaban J connectivity index is 3.74. The molecule has 10 heavy (non-hydrogen) atoms. The van der Waals surface area contributed by atoms with Gasteiger partial charge in [0, 0.05) is 13.5 Å². The fraction of sp³-hybridized carbons (Fsp3) is 0.750. The molecule has 60 valence electrons. The Hall–Kier alpha value is 0.227. The average molecular weight is 203 g/mol. The zero-order valence-corrected chi connectivity index (χ0v) is 8.20. The van der Waals surface area contributed by atoms with Crippen LogP contribution in [-0.2, 0) is 13.6 Å². The molecule has 0 amide bonds. The molecular formula is C4H8Cl2O3Si. The summed E-state index contributed by atoms with van der Waals surface area (Å²) in [7, 11) is -3.17. The summed E-state index contributed by atoms with van der Waals surface area (Å²) in [6, 6.07) is 0. The topological polar surface area (TPSA) is 35.5 Å². The van der Waals surface area contributed by atoms with Crippen LogP contribution in [-0.4, -0.2) is 19.8 Å². The summed E-state index contributed by atoms with van der Waals surface area (Å²) >= 11 is 10.9. The van der Waals surface area contributed by atoms with Crippen molar-refractivity contribution in [3.63, 3.8) is 0 Å². The third-order valence-corrected chi connectivity index (χ3v) is 2.84. The molecular weight excluding hydrogens is 195 g/mol. The van der Waals surface area contributed by atoms with E-state index >= 15 is 0 Å². The molecule has 0 saturated carbocycles. The van der Waals surface area contributed by atoms with Crippen molar-refractivity contribution >= 4 is 35.3 Å². The van der Waals surface area contributed by atoms with Gasteiger partial charge in [-0.05, 0) is 6.92 Å². The Bertz CT molecular complexity index is 128. The van der Waals surface area contributed by atoms with Crippen molar-refractivity contribution in [2.45, 2.75) is 13.8 Å². The second-order valence-corrected chi connectivity index (χ2v) is 6.48. The van der Waals surface area contributed by atoms with Gasteiger partial charge in [0.25, 0.3) is 5.97 Å². The normalized spacial score (nSPS) is 11.2. The highest BCUT2D eigenvalue weighted by Gasteiger charge is 2.36. The molecule has 0 atom stereocenters. The fourth-order valence-corrected chi connectivity index (χ4v) is 2.40. The van der Waals surface area contributed by atoms with E-state index in [-0.39, 0.29) is 0 Å². The zero-order valence-electron chi connectivity index (χ0n) is 5.69. The first-order valence-corrected chi connectivity index (χ1v) is 6.53. The predicted molar refractivity (Wildman–Crippen MR) is 40.9 cm³/mol. The van der Waals surface area contributed by atoms with Gasteiger partial charge in [0.1, 0.15) is 0 Å². The van der Waals surface area contributed by atoms with Crippen LogP contribution in [0.2, 0.25) is 0 Å². The van der Waals surface area contributed by atoms with E-state index in [0.29, 0.717) is 6.61 Å². The first kappa shape index (κ1) is 10.2. The molecule has 0 bridgehead atoms. The van der Waals surface area contributed by atoms with E-state index in [9.17, 15) is 4.79 Å². The van der Waals surface area contributed by atoms with Gasteiger partial charge in [0.05, 0.1) is 0 Å². The van der Waals surface area contributed by atoms with Gasteiger partial charge >= 0.3 is 7.18 Å². The van der Waals surface area contributed by atoms with Crippen LogP contribution in [0, 0.1) is 0 Å². The molecule has 0 spiro atoms. The molecule has 0 fully saturated rings. The minimum Gasteiger partial charge on any atom is -0.472 e. The first-order valence-electron chi connectivity index (χ1n) is 2.69. The summed E-state index contributed by atoms with van der Waals surface area (Å²) in [5, 5.41) is 0. The van der Waals surface area contributed by atoms with Crippen LogP contribution >= 0.6 is 22.2 Å². The van der Waals surface area contributed by atoms with Crippen molar-refractivity contribution in [3.05, 3.63) is 0 Å². The molecule has 0 heterocycles. The highest BCUT2D eigenvalue weighted by atomic mass is 35.7. The Morgan fingerprint density at radius 2 is 2.10 bits per heavy atom. The van der Waals surface area contributed by atoms with Crippen LogP contribution in [0.15, 0.2) is 0 Å². The van der Waals surface area contributed by atoms with Crippen molar-refractivity contribution in [3.8, 4) is 0 Å². The number of carbonyl (C=O) groups excluding carboxylic acids is 1. The van der Waals surface area contributed by atoms with Gasteiger partial charge in [-0.3, -0.25) is 4.79 Å². The molecule has 0 rings (SSSR count). The minimum absolute atomic E-state index is 0.340. The maximum Gasteiger partial charge on any atom is 0.617 e. The zero-order chi connectivity index (χ0) is 8.20. The lowest BCUT2D eigenvalue weighted by atomic mass is 10.9. The van der Waals surface area contributed by atoms with E-state index in [1.807, 2.05) is 0 Å². The summed E-state index contributed by atoms with van der Waals surface area (Å²) in [4.78, 5) is 10.3. The van der Waals surface area contributed by atoms with Crippen LogP contribution in [0.4, 0.5) is 0 Å². The van der Waals surface area contributed by atoms with Crippen LogP contribution in [0.3, 0.4) is 0 Å². The number of hydrogen-bond donors (Lipinski definition) is 0. The van der Waals surface area contributed by atoms with Crippen molar-refractivity contribution in [1.82, 2.24) is 0 Å². The Morgan fingerprint density at radius 1 is 1.60 bits per heavy atom. The van der Waals surface area contributed by atoms with Gasteiger partial charge in [0.15, 0.2) is 0 Å². The summed E-state index contributed by atoms with van der Waals surface area (Å²) < 4.78 is 9.25. The van der Waals surface area contributed by atoms with Crippen LogP contribution in [0.5, 0.6) is 0 Å². The summed E-state index contributed by atoms with van der Waals surface area (Å²) in [6.07, 6.45) is 0. The fourth-order valence-electron chi connectivity index (χ4n) is 0.365. The molecule has 0 aliphatic heterocycles. The third-order valence-electron chi connectivity index (χ3n) is 0.575. The van der Waals surface area contributed by atoms with Crippen molar-refractivity contribution in [1.29, 1.82) is 0 Å². The van der Waals surface area contributed by atoms with E-state index in [0.717, 1.165) is 0 Å². The monoisotopic (exact) mass is 202 g/mol. The van der Waals surface area contributed by atoms with Crippen molar-refractivity contribution in [2.75, 3.05) is 6.61 Å². The molecule has 0 aliphatic rings. The number of hydrogen-bond acceptors (Lipinski definition) is 3. The lowest BCUT2D eigenvalue weighted by Gasteiger charge is -2.13. The van der Waals surface area contributed by atoms with Gasteiger partial charge in [-0.15, -0.1) is 0 Å². The molecule has 0 aromatic carbocycles. The smallest absolute Gasteiger partial charge is 0.472 e. The largest absolute Gasteiger partial charge is 0.617 e. The van der Waals surface area contributed by atoms with Gasteiger partial charge in [0.2, 0.25) is 0 Å². The SMILES string of the molecule is CCO[Si](Cl)(Cl)OC(C)=O. The Morgan fingerprint density at radius 3 is 2.40 bits per heavy atom. The van der Waals surface area contributed by atoms with Gasteiger partial charge in [-0.2, -0.15) is 0 Å². The summed E-state index contributed by atoms with van der Waals surface area (Å²) in [5.41, 5.74) is 0. The molecule has 3 nitrogen and oxygen atoms in total. The predicted octanol–water partition coefficient (Wildman–Crippen LogP) is 1.50. The molecule has 0 radical (unpaired) electrons. The molecule has 0 aromatic rings. The number of carbonyl (C=O) groups is 1. The second-order valence-electron chi connectivity index (χ2n) is 1.49. The van der Waals surface area contributed by atoms with Crippen molar-refractivity contribution in [2.24, 2.45) is 0 Å². The highest BCUT2D eigenvalue weighted by molar-refractivity contribution is 7.39. The quantitative estimate of drug-likeness (QED) is 0.515. The highest BCUT2D eigenvalue weighted by Crippen LogP contribution is 2.17. The number of halogens is 2. The number of rotatable bonds is 3. The van der Waals surface area contributed by atoms with E-state index in [1.54, 1.807) is 6.92 Å². The molecule has 0 unspecified atom stereocenters. The Labute approximate surface area is 69.9 Å². The van der Waals surface area contributed by atoms with Crippen LogP contribution < -0.4 is 0 Å². The summed E-state index contributed by atoms with van der Waals surface area (Å²) in [6.45, 7) is 3.29. The molecule has 0 saturated heterocycles. The van der Waals surface area contributed by atoms with Crippen LogP contribution in [0.1, 0.15) is 13.8 Å². The molecule has 6 heteroatoms. The second kappa shape index (κ2) is 4.18. The molecule has 0 N–H and O–H groups in total. The lowest BCUT2D eigenvalue weighted by molar-refractivity contribution is -0.133. The van der Waals surface area contributed by atoms with Gasteiger partial charge in [-0.1, -0.05) is 22.2 Å². The average Bonchev–Trinajstić information content (AvgIpc) is 1.59. The van der Waals surface area contributed by atoms with E-state index in [4.69, 9.17) is 26.6 Å². The molecule has 0 aromatic heterocycles. The Kier molecular flexibility index (Phi) is 4.27. The standard InChI is InChI=1S/C4H8Cl2O3Si/c1-3-8-10(5,6)9-4(2)7/h3H2,1-2H3. The van der Waals surface area contributed by atoms with E-state index < -0.39 is 13.1 Å². The van der Waals surface area contributed by atoms with E-state index in [2.05, 4.69) is 4.43 Å². The van der Waals surface area contributed by atoms with Gasteiger partial charge < -0.3 is 8.85 Å². The van der Waals surface area contributed by atoms with Crippen molar-refractivity contribution < 1.29 is 13.6 Å². The third kappa shape index (κ3) is 5.05. The van der Waals surface area contributed by atoms with Crippen LogP contribution in [0.25, 0.3) is 0 Å². The maximum atomic E-state index is 10.3.